The predicted octanol–water partition coefficient (Wildman–Crippen LogP) is 2.09. The van der Waals surface area contributed by atoms with Crippen LogP contribution in [0.15, 0.2) is 36.5 Å². The Morgan fingerprint density at radius 2 is 2.11 bits per heavy atom. The van der Waals surface area contributed by atoms with Crippen molar-refractivity contribution in [1.29, 1.82) is 0 Å². The Labute approximate surface area is 105 Å². The molecule has 2 rings (SSSR count). The van der Waals surface area contributed by atoms with Crippen LogP contribution in [-0.4, -0.2) is 27.6 Å². The van der Waals surface area contributed by atoms with Crippen molar-refractivity contribution in [1.82, 2.24) is 9.94 Å². The SMILES string of the molecule is CCCOn1cc(-c2ccccc2)c(C(=O)O)n1. The Kier molecular flexibility index (Phi) is 3.62. The standard InChI is InChI=1S/C13H14N2O3/c1-2-8-18-15-9-11(12(14-15)13(16)17)10-6-4-3-5-7-10/h3-7,9H,2,8H2,1H3,(H,16,17). The van der Waals surface area contributed by atoms with E-state index in [0.717, 1.165) is 12.0 Å². The Bertz CT molecular complexity index is 534. The molecule has 0 saturated carbocycles. The first-order valence-corrected chi connectivity index (χ1v) is 5.74. The van der Waals surface area contributed by atoms with Gasteiger partial charge in [-0.1, -0.05) is 37.3 Å². The molecule has 1 aromatic carbocycles. The number of nitrogens with zero attached hydrogens (tertiary/aromatic N) is 2. The number of benzene rings is 1. The summed E-state index contributed by atoms with van der Waals surface area (Å²) in [5, 5.41) is 13.1. The highest BCUT2D eigenvalue weighted by Crippen LogP contribution is 2.22. The topological polar surface area (TPSA) is 64.3 Å². The lowest BCUT2D eigenvalue weighted by atomic mass is 10.1. The molecular formula is C13H14N2O3. The zero-order valence-electron chi connectivity index (χ0n) is 10.0. The summed E-state index contributed by atoms with van der Waals surface area (Å²) in [7, 11) is 0. The Morgan fingerprint density at radius 1 is 1.39 bits per heavy atom. The summed E-state index contributed by atoms with van der Waals surface area (Å²) >= 11 is 0. The smallest absolute Gasteiger partial charge is 0.357 e. The quantitative estimate of drug-likeness (QED) is 0.877. The number of hydrogen-bond donors (Lipinski definition) is 1. The third-order valence-electron chi connectivity index (χ3n) is 2.41. The lowest BCUT2D eigenvalue weighted by molar-refractivity contribution is 0.0648. The molecular weight excluding hydrogens is 232 g/mol. The minimum Gasteiger partial charge on any atom is -0.476 e. The molecule has 0 radical (unpaired) electrons. The van der Waals surface area contributed by atoms with Gasteiger partial charge >= 0.3 is 5.97 Å². The van der Waals surface area contributed by atoms with Gasteiger partial charge in [0.05, 0.1) is 6.20 Å². The van der Waals surface area contributed by atoms with E-state index in [4.69, 9.17) is 9.94 Å². The lowest BCUT2D eigenvalue weighted by Gasteiger charge is -2.00. The van der Waals surface area contributed by atoms with E-state index in [2.05, 4.69) is 5.10 Å². The maximum absolute atomic E-state index is 11.2. The molecule has 2 aromatic rings. The third-order valence-corrected chi connectivity index (χ3v) is 2.41. The maximum Gasteiger partial charge on any atom is 0.357 e. The van der Waals surface area contributed by atoms with E-state index >= 15 is 0 Å². The number of carbonyl (C=O) groups is 1. The largest absolute Gasteiger partial charge is 0.476 e. The van der Waals surface area contributed by atoms with Crippen LogP contribution in [0.25, 0.3) is 11.1 Å². The summed E-state index contributed by atoms with van der Waals surface area (Å²) in [6.45, 7) is 2.47. The monoisotopic (exact) mass is 246 g/mol. The average Bonchev–Trinajstić information content (AvgIpc) is 2.82. The molecule has 1 aromatic heterocycles. The molecule has 0 saturated heterocycles. The van der Waals surface area contributed by atoms with Crippen LogP contribution in [0.4, 0.5) is 0 Å². The van der Waals surface area contributed by atoms with Gasteiger partial charge in [-0.25, -0.2) is 4.79 Å². The fourth-order valence-electron chi connectivity index (χ4n) is 1.59. The first-order valence-electron chi connectivity index (χ1n) is 5.74. The van der Waals surface area contributed by atoms with E-state index in [-0.39, 0.29) is 5.69 Å². The van der Waals surface area contributed by atoms with Crippen LogP contribution in [0, 0.1) is 0 Å². The fraction of sp³-hybridized carbons (Fsp3) is 0.231. The molecule has 0 unspecified atom stereocenters. The van der Waals surface area contributed by atoms with Crippen molar-refractivity contribution in [2.24, 2.45) is 0 Å². The highest BCUT2D eigenvalue weighted by atomic mass is 16.7. The molecule has 0 aliphatic carbocycles. The van der Waals surface area contributed by atoms with Gasteiger partial charge in [-0.3, -0.25) is 0 Å². The molecule has 0 amide bonds. The Balaban J connectivity index is 2.39. The normalized spacial score (nSPS) is 10.3. The van der Waals surface area contributed by atoms with Gasteiger partial charge < -0.3 is 9.94 Å². The summed E-state index contributed by atoms with van der Waals surface area (Å²) in [5.74, 6) is -1.06. The summed E-state index contributed by atoms with van der Waals surface area (Å²) in [6, 6.07) is 9.26. The molecule has 0 bridgehead atoms. The van der Waals surface area contributed by atoms with Crippen molar-refractivity contribution in [3.8, 4) is 11.1 Å². The van der Waals surface area contributed by atoms with Crippen molar-refractivity contribution >= 4 is 5.97 Å². The molecule has 0 aliphatic rings. The van der Waals surface area contributed by atoms with Crippen LogP contribution < -0.4 is 4.84 Å². The number of hydrogen-bond acceptors (Lipinski definition) is 3. The highest BCUT2D eigenvalue weighted by Gasteiger charge is 2.17. The second kappa shape index (κ2) is 5.35. The second-order valence-corrected chi connectivity index (χ2v) is 3.80. The van der Waals surface area contributed by atoms with Crippen LogP contribution in [0.2, 0.25) is 0 Å². The highest BCUT2D eigenvalue weighted by molar-refractivity contribution is 5.93. The number of aromatic nitrogens is 2. The summed E-state index contributed by atoms with van der Waals surface area (Å²) < 4.78 is 0. The first kappa shape index (κ1) is 12.2. The van der Waals surface area contributed by atoms with Gasteiger partial charge in [0.15, 0.2) is 5.69 Å². The zero-order chi connectivity index (χ0) is 13.0. The van der Waals surface area contributed by atoms with Gasteiger partial charge in [-0.2, -0.15) is 0 Å². The van der Waals surface area contributed by atoms with Crippen LogP contribution >= 0.6 is 0 Å². The molecule has 0 fully saturated rings. The Morgan fingerprint density at radius 3 is 2.72 bits per heavy atom. The van der Waals surface area contributed by atoms with Gasteiger partial charge in [0.1, 0.15) is 6.61 Å². The molecule has 5 heteroatoms. The van der Waals surface area contributed by atoms with Crippen LogP contribution in [0.3, 0.4) is 0 Å². The molecule has 0 aliphatic heterocycles. The van der Waals surface area contributed by atoms with Crippen molar-refractivity contribution < 1.29 is 14.7 Å². The van der Waals surface area contributed by atoms with Crippen molar-refractivity contribution in [3.63, 3.8) is 0 Å². The Hall–Kier alpha value is -2.30. The predicted molar refractivity (Wildman–Crippen MR) is 66.4 cm³/mol. The minimum absolute atomic E-state index is 0.00250. The van der Waals surface area contributed by atoms with E-state index in [1.165, 1.54) is 4.85 Å². The van der Waals surface area contributed by atoms with E-state index in [9.17, 15) is 4.79 Å². The van der Waals surface area contributed by atoms with E-state index in [0.29, 0.717) is 12.2 Å². The van der Waals surface area contributed by atoms with Gasteiger partial charge in [-0.15, -0.1) is 9.94 Å². The van der Waals surface area contributed by atoms with Crippen LogP contribution in [0.5, 0.6) is 0 Å². The van der Waals surface area contributed by atoms with Gasteiger partial charge in [-0.05, 0) is 12.0 Å². The summed E-state index contributed by atoms with van der Waals surface area (Å²) in [6.07, 6.45) is 2.43. The van der Waals surface area contributed by atoms with Gasteiger partial charge in [0.2, 0.25) is 0 Å². The molecule has 0 spiro atoms. The minimum atomic E-state index is -1.06. The number of carboxylic acid groups (broad SMARTS) is 1. The van der Waals surface area contributed by atoms with Crippen molar-refractivity contribution in [3.05, 3.63) is 42.2 Å². The number of carboxylic acids is 1. The average molecular weight is 246 g/mol. The zero-order valence-corrected chi connectivity index (χ0v) is 10.0. The fourth-order valence-corrected chi connectivity index (χ4v) is 1.59. The lowest BCUT2D eigenvalue weighted by Crippen LogP contribution is -2.13. The molecule has 5 nitrogen and oxygen atoms in total. The third kappa shape index (κ3) is 2.51. The van der Waals surface area contributed by atoms with E-state index in [1.54, 1.807) is 6.20 Å². The molecule has 18 heavy (non-hydrogen) atoms. The number of rotatable bonds is 5. The van der Waals surface area contributed by atoms with Gasteiger partial charge in [0.25, 0.3) is 0 Å². The number of aromatic carboxylic acids is 1. The van der Waals surface area contributed by atoms with E-state index in [1.807, 2.05) is 37.3 Å². The molecule has 1 heterocycles. The first-order chi connectivity index (χ1) is 8.72. The molecule has 0 atom stereocenters. The molecule has 1 N–H and O–H groups in total. The summed E-state index contributed by atoms with van der Waals surface area (Å²) in [5.41, 5.74) is 1.36. The van der Waals surface area contributed by atoms with Crippen molar-refractivity contribution in [2.75, 3.05) is 6.61 Å². The maximum atomic E-state index is 11.2. The molecule has 94 valence electrons. The van der Waals surface area contributed by atoms with Crippen molar-refractivity contribution in [2.45, 2.75) is 13.3 Å². The van der Waals surface area contributed by atoms with Gasteiger partial charge in [0, 0.05) is 5.56 Å². The van der Waals surface area contributed by atoms with Crippen LogP contribution in [0.1, 0.15) is 23.8 Å². The second-order valence-electron chi connectivity index (χ2n) is 3.80. The van der Waals surface area contributed by atoms with Crippen LogP contribution in [-0.2, 0) is 0 Å². The van der Waals surface area contributed by atoms with E-state index < -0.39 is 5.97 Å². The summed E-state index contributed by atoms with van der Waals surface area (Å²) in [4.78, 5) is 17.7.